The third-order valence-electron chi connectivity index (χ3n) is 2.64. The predicted octanol–water partition coefficient (Wildman–Crippen LogP) is 2.76. The van der Waals surface area contributed by atoms with Crippen molar-refractivity contribution in [3.63, 3.8) is 0 Å². The van der Waals surface area contributed by atoms with Gasteiger partial charge in [0.25, 0.3) is 0 Å². The first kappa shape index (κ1) is 9.46. The molecule has 0 bridgehead atoms. The Morgan fingerprint density at radius 1 is 1.31 bits per heavy atom. The Labute approximate surface area is 93.1 Å². The van der Waals surface area contributed by atoms with Gasteiger partial charge in [0, 0.05) is 10.1 Å². The van der Waals surface area contributed by atoms with E-state index in [1.807, 2.05) is 0 Å². The van der Waals surface area contributed by atoms with Gasteiger partial charge < -0.3 is 5.32 Å². The lowest BCUT2D eigenvalue weighted by molar-refractivity contribution is 0.460. The highest BCUT2D eigenvalue weighted by atomic mass is 127. The van der Waals surface area contributed by atoms with E-state index in [1.165, 1.54) is 28.5 Å². The third-order valence-corrected chi connectivity index (χ3v) is 3.62. The van der Waals surface area contributed by atoms with E-state index in [9.17, 15) is 0 Å². The Morgan fingerprint density at radius 2 is 2.15 bits per heavy atom. The zero-order valence-corrected chi connectivity index (χ0v) is 9.75. The Balaban J connectivity index is 2.18. The lowest BCUT2D eigenvalue weighted by atomic mass is 9.92. The van der Waals surface area contributed by atoms with Crippen LogP contribution in [0.2, 0.25) is 0 Å². The van der Waals surface area contributed by atoms with Crippen molar-refractivity contribution in [3.8, 4) is 0 Å². The molecule has 0 spiro atoms. The highest BCUT2D eigenvalue weighted by Gasteiger charge is 2.16. The molecule has 70 valence electrons. The van der Waals surface area contributed by atoms with Crippen LogP contribution >= 0.6 is 22.6 Å². The van der Waals surface area contributed by atoms with Crippen LogP contribution in [0.15, 0.2) is 24.3 Å². The third kappa shape index (κ3) is 2.23. The van der Waals surface area contributed by atoms with E-state index in [1.54, 1.807) is 0 Å². The summed E-state index contributed by atoms with van der Waals surface area (Å²) in [6.45, 7) is 2.35. The molecular formula is C11H14IN. The second kappa shape index (κ2) is 4.42. The summed E-state index contributed by atoms with van der Waals surface area (Å²) in [5.74, 6) is 0.738. The summed E-state index contributed by atoms with van der Waals surface area (Å²) in [5.41, 5.74) is 1.52. The molecule has 0 aromatic heterocycles. The van der Waals surface area contributed by atoms with Crippen LogP contribution < -0.4 is 5.32 Å². The number of nitrogens with one attached hydrogen (secondary N) is 1. The van der Waals surface area contributed by atoms with Crippen molar-refractivity contribution in [1.29, 1.82) is 0 Å². The molecule has 0 aliphatic carbocycles. The Kier molecular flexibility index (Phi) is 3.22. The van der Waals surface area contributed by atoms with Gasteiger partial charge >= 0.3 is 0 Å². The smallest absolute Gasteiger partial charge is 0.0165 e. The number of hydrogen-bond acceptors (Lipinski definition) is 1. The number of halogens is 1. The van der Waals surface area contributed by atoms with Gasteiger partial charge in [0.1, 0.15) is 0 Å². The van der Waals surface area contributed by atoms with Crippen LogP contribution in [0.25, 0.3) is 0 Å². The van der Waals surface area contributed by atoms with Crippen LogP contribution in [0.5, 0.6) is 0 Å². The van der Waals surface area contributed by atoms with Gasteiger partial charge in [-0.2, -0.15) is 0 Å². The minimum atomic E-state index is 0.738. The summed E-state index contributed by atoms with van der Waals surface area (Å²) in [5, 5.41) is 3.46. The van der Waals surface area contributed by atoms with E-state index in [0.29, 0.717) is 0 Å². The molecule has 0 saturated carbocycles. The van der Waals surface area contributed by atoms with Gasteiger partial charge in [0.2, 0.25) is 0 Å². The summed E-state index contributed by atoms with van der Waals surface area (Å²) < 4.78 is 1.41. The SMILES string of the molecule is Ic1ccccc1C1CCCNC1. The largest absolute Gasteiger partial charge is 0.316 e. The van der Waals surface area contributed by atoms with Crippen LogP contribution in [0.1, 0.15) is 24.3 Å². The van der Waals surface area contributed by atoms with Crippen molar-refractivity contribution in [2.24, 2.45) is 0 Å². The fourth-order valence-electron chi connectivity index (χ4n) is 1.92. The molecule has 1 unspecified atom stereocenters. The molecule has 2 rings (SSSR count). The molecule has 1 nitrogen and oxygen atoms in total. The van der Waals surface area contributed by atoms with Gasteiger partial charge in [0.15, 0.2) is 0 Å². The first-order valence-corrected chi connectivity index (χ1v) is 5.91. The minimum absolute atomic E-state index is 0.738. The quantitative estimate of drug-likeness (QED) is 0.783. The normalized spacial score (nSPS) is 23.0. The van der Waals surface area contributed by atoms with Crippen LogP contribution in [-0.4, -0.2) is 13.1 Å². The second-order valence-corrected chi connectivity index (χ2v) is 4.73. The highest BCUT2D eigenvalue weighted by Crippen LogP contribution is 2.26. The molecular weight excluding hydrogens is 273 g/mol. The van der Waals surface area contributed by atoms with Gasteiger partial charge in [-0.05, 0) is 59.5 Å². The first-order chi connectivity index (χ1) is 6.38. The summed E-state index contributed by atoms with van der Waals surface area (Å²) in [6, 6.07) is 8.72. The van der Waals surface area contributed by atoms with E-state index in [4.69, 9.17) is 0 Å². The number of piperidine rings is 1. The van der Waals surface area contributed by atoms with Crippen molar-refractivity contribution < 1.29 is 0 Å². The first-order valence-electron chi connectivity index (χ1n) is 4.83. The number of benzene rings is 1. The zero-order valence-electron chi connectivity index (χ0n) is 7.59. The van der Waals surface area contributed by atoms with Crippen LogP contribution in [-0.2, 0) is 0 Å². The molecule has 2 heteroatoms. The fourth-order valence-corrected chi connectivity index (χ4v) is 2.75. The number of hydrogen-bond donors (Lipinski definition) is 1. The maximum Gasteiger partial charge on any atom is 0.0165 e. The standard InChI is InChI=1S/C11H14IN/c12-11-6-2-1-5-10(11)9-4-3-7-13-8-9/h1-2,5-6,9,13H,3-4,7-8H2. The van der Waals surface area contributed by atoms with E-state index in [2.05, 4.69) is 52.2 Å². The van der Waals surface area contributed by atoms with Crippen molar-refractivity contribution in [2.45, 2.75) is 18.8 Å². The molecule has 1 aromatic carbocycles. The van der Waals surface area contributed by atoms with E-state index in [0.717, 1.165) is 12.5 Å². The molecule has 1 heterocycles. The van der Waals surface area contributed by atoms with Crippen molar-refractivity contribution in [3.05, 3.63) is 33.4 Å². The lowest BCUT2D eigenvalue weighted by Crippen LogP contribution is -2.28. The van der Waals surface area contributed by atoms with E-state index >= 15 is 0 Å². The molecule has 1 saturated heterocycles. The Morgan fingerprint density at radius 3 is 2.85 bits per heavy atom. The van der Waals surface area contributed by atoms with Crippen molar-refractivity contribution in [1.82, 2.24) is 5.32 Å². The molecule has 1 N–H and O–H groups in total. The molecule has 0 amide bonds. The maximum absolute atomic E-state index is 3.46. The minimum Gasteiger partial charge on any atom is -0.316 e. The number of rotatable bonds is 1. The van der Waals surface area contributed by atoms with Gasteiger partial charge in [-0.1, -0.05) is 18.2 Å². The molecule has 1 fully saturated rings. The fraction of sp³-hybridized carbons (Fsp3) is 0.455. The van der Waals surface area contributed by atoms with Crippen LogP contribution in [0.4, 0.5) is 0 Å². The average molecular weight is 287 g/mol. The summed E-state index contributed by atoms with van der Waals surface area (Å²) in [6.07, 6.45) is 2.66. The molecule has 0 radical (unpaired) electrons. The maximum atomic E-state index is 3.46. The second-order valence-electron chi connectivity index (χ2n) is 3.56. The topological polar surface area (TPSA) is 12.0 Å². The van der Waals surface area contributed by atoms with Crippen LogP contribution in [0, 0.1) is 3.57 Å². The molecule has 13 heavy (non-hydrogen) atoms. The predicted molar refractivity (Wildman–Crippen MR) is 64.0 cm³/mol. The summed E-state index contributed by atoms with van der Waals surface area (Å²) >= 11 is 2.43. The summed E-state index contributed by atoms with van der Waals surface area (Å²) in [7, 11) is 0. The molecule has 1 aliphatic rings. The molecule has 1 aliphatic heterocycles. The van der Waals surface area contributed by atoms with Gasteiger partial charge in [-0.25, -0.2) is 0 Å². The van der Waals surface area contributed by atoms with Gasteiger partial charge in [-0.3, -0.25) is 0 Å². The zero-order chi connectivity index (χ0) is 9.10. The van der Waals surface area contributed by atoms with Crippen LogP contribution in [0.3, 0.4) is 0 Å². The monoisotopic (exact) mass is 287 g/mol. The van der Waals surface area contributed by atoms with E-state index < -0.39 is 0 Å². The summed E-state index contributed by atoms with van der Waals surface area (Å²) in [4.78, 5) is 0. The lowest BCUT2D eigenvalue weighted by Gasteiger charge is -2.23. The Hall–Kier alpha value is -0.0900. The van der Waals surface area contributed by atoms with Crippen molar-refractivity contribution in [2.75, 3.05) is 13.1 Å². The molecule has 1 aromatic rings. The molecule has 1 atom stereocenters. The van der Waals surface area contributed by atoms with E-state index in [-0.39, 0.29) is 0 Å². The van der Waals surface area contributed by atoms with Gasteiger partial charge in [-0.15, -0.1) is 0 Å². The average Bonchev–Trinajstić information content (AvgIpc) is 2.20. The van der Waals surface area contributed by atoms with Gasteiger partial charge in [0.05, 0.1) is 0 Å². The van der Waals surface area contributed by atoms with Crippen molar-refractivity contribution >= 4 is 22.6 Å². The highest BCUT2D eigenvalue weighted by molar-refractivity contribution is 14.1. The Bertz CT molecular complexity index is 279.